The van der Waals surface area contributed by atoms with Crippen LogP contribution in [-0.2, 0) is 7.05 Å². The van der Waals surface area contributed by atoms with E-state index in [1.54, 1.807) is 12.1 Å². The molecule has 0 radical (unpaired) electrons. The molecule has 21 heavy (non-hydrogen) atoms. The van der Waals surface area contributed by atoms with E-state index < -0.39 is 16.8 Å². The maximum Gasteiger partial charge on any atom is 0.329 e. The van der Waals surface area contributed by atoms with Crippen molar-refractivity contribution in [3.8, 4) is 11.3 Å². The van der Waals surface area contributed by atoms with Crippen LogP contribution in [0.1, 0.15) is 5.56 Å². The highest BCUT2D eigenvalue weighted by Gasteiger charge is 2.12. The van der Waals surface area contributed by atoms with Crippen LogP contribution in [0.5, 0.6) is 0 Å². The molecule has 106 valence electrons. The minimum absolute atomic E-state index is 0.0206. The third kappa shape index (κ3) is 2.08. The highest BCUT2D eigenvalue weighted by molar-refractivity contribution is 5.72. The fraction of sp³-hybridized carbons (Fsp3) is 0.143. The standard InChI is InChI=1S/C14H12N4O3/c1-7-3-5-8(6-4-7)9-12(19)16-11-10(15-9)13(20)17-14(21)18(11)2/h3-6H,1-2H3,(H,16,19)(H,17,20,21). The Kier molecular flexibility index (Phi) is 2.83. The minimum Gasteiger partial charge on any atom is -0.304 e. The van der Waals surface area contributed by atoms with Crippen molar-refractivity contribution in [2.45, 2.75) is 6.92 Å². The summed E-state index contributed by atoms with van der Waals surface area (Å²) >= 11 is 0. The number of aromatic nitrogens is 4. The van der Waals surface area contributed by atoms with Gasteiger partial charge in [-0.1, -0.05) is 29.8 Å². The molecule has 0 saturated carbocycles. The molecule has 0 bridgehead atoms. The first kappa shape index (κ1) is 13.0. The highest BCUT2D eigenvalue weighted by Crippen LogP contribution is 2.14. The lowest BCUT2D eigenvalue weighted by atomic mass is 10.1. The molecule has 0 spiro atoms. The number of fused-ring (bicyclic) bond motifs is 1. The van der Waals surface area contributed by atoms with Gasteiger partial charge in [0.05, 0.1) is 0 Å². The second-order valence-corrected chi connectivity index (χ2v) is 4.80. The van der Waals surface area contributed by atoms with Gasteiger partial charge in [-0.15, -0.1) is 0 Å². The fourth-order valence-electron chi connectivity index (χ4n) is 2.09. The number of aryl methyl sites for hydroxylation is 2. The van der Waals surface area contributed by atoms with Crippen molar-refractivity contribution in [2.75, 3.05) is 0 Å². The summed E-state index contributed by atoms with van der Waals surface area (Å²) in [7, 11) is 1.45. The van der Waals surface area contributed by atoms with Crippen molar-refractivity contribution >= 4 is 11.2 Å². The smallest absolute Gasteiger partial charge is 0.304 e. The second-order valence-electron chi connectivity index (χ2n) is 4.80. The SMILES string of the molecule is Cc1ccc(-c2nc3c(=O)[nH]c(=O)n(C)c3[nH]c2=O)cc1. The van der Waals surface area contributed by atoms with Gasteiger partial charge in [0.15, 0.2) is 5.52 Å². The van der Waals surface area contributed by atoms with Crippen LogP contribution in [-0.4, -0.2) is 19.5 Å². The first-order valence-corrected chi connectivity index (χ1v) is 6.28. The molecule has 3 rings (SSSR count). The van der Waals surface area contributed by atoms with Crippen LogP contribution in [0.4, 0.5) is 0 Å². The molecule has 7 heteroatoms. The van der Waals surface area contributed by atoms with Gasteiger partial charge in [0.1, 0.15) is 11.3 Å². The molecular formula is C14H12N4O3. The van der Waals surface area contributed by atoms with Gasteiger partial charge in [-0.2, -0.15) is 0 Å². The van der Waals surface area contributed by atoms with Gasteiger partial charge in [-0.25, -0.2) is 9.78 Å². The molecule has 1 aromatic carbocycles. The Morgan fingerprint density at radius 3 is 2.33 bits per heavy atom. The maximum atomic E-state index is 12.1. The molecule has 0 amide bonds. The lowest BCUT2D eigenvalue weighted by Crippen LogP contribution is -2.31. The number of nitrogens with zero attached hydrogens (tertiary/aromatic N) is 2. The zero-order chi connectivity index (χ0) is 15.1. The molecule has 0 aliphatic rings. The number of hydrogen-bond acceptors (Lipinski definition) is 4. The van der Waals surface area contributed by atoms with Gasteiger partial charge in [0, 0.05) is 12.6 Å². The van der Waals surface area contributed by atoms with E-state index in [4.69, 9.17) is 0 Å². The molecule has 2 aromatic heterocycles. The summed E-state index contributed by atoms with van der Waals surface area (Å²) in [6, 6.07) is 7.22. The van der Waals surface area contributed by atoms with Gasteiger partial charge >= 0.3 is 5.69 Å². The van der Waals surface area contributed by atoms with Crippen molar-refractivity contribution < 1.29 is 0 Å². The van der Waals surface area contributed by atoms with Crippen LogP contribution in [0.15, 0.2) is 38.6 Å². The molecule has 7 nitrogen and oxygen atoms in total. The van der Waals surface area contributed by atoms with E-state index in [2.05, 4.69) is 15.0 Å². The number of H-pyrrole nitrogens is 2. The summed E-state index contributed by atoms with van der Waals surface area (Å²) in [6.07, 6.45) is 0. The van der Waals surface area contributed by atoms with E-state index in [0.29, 0.717) is 5.56 Å². The highest BCUT2D eigenvalue weighted by atomic mass is 16.2. The zero-order valence-electron chi connectivity index (χ0n) is 11.4. The first-order chi connectivity index (χ1) is 9.97. The summed E-state index contributed by atoms with van der Waals surface area (Å²) in [4.78, 5) is 44.3. The van der Waals surface area contributed by atoms with Gasteiger partial charge in [0.2, 0.25) is 0 Å². The molecule has 0 unspecified atom stereocenters. The quantitative estimate of drug-likeness (QED) is 0.670. The third-order valence-corrected chi connectivity index (χ3v) is 3.30. The number of benzene rings is 1. The van der Waals surface area contributed by atoms with E-state index in [9.17, 15) is 14.4 Å². The molecule has 0 aliphatic heterocycles. The van der Waals surface area contributed by atoms with Crippen LogP contribution < -0.4 is 16.8 Å². The van der Waals surface area contributed by atoms with Gasteiger partial charge in [-0.3, -0.25) is 19.1 Å². The van der Waals surface area contributed by atoms with E-state index >= 15 is 0 Å². The number of nitrogens with one attached hydrogen (secondary N) is 2. The molecule has 2 N–H and O–H groups in total. The topological polar surface area (TPSA) is 101 Å². The van der Waals surface area contributed by atoms with Gasteiger partial charge in [0.25, 0.3) is 11.1 Å². The molecular weight excluding hydrogens is 272 g/mol. The normalized spacial score (nSPS) is 11.0. The second kappa shape index (κ2) is 4.55. The van der Waals surface area contributed by atoms with E-state index in [0.717, 1.165) is 10.1 Å². The Morgan fingerprint density at radius 2 is 1.67 bits per heavy atom. The Hall–Kier alpha value is -2.96. The van der Waals surface area contributed by atoms with Crippen molar-refractivity contribution in [3.05, 3.63) is 61.0 Å². The number of hydrogen-bond donors (Lipinski definition) is 2. The Morgan fingerprint density at radius 1 is 1.00 bits per heavy atom. The Labute approximate surface area is 117 Å². The van der Waals surface area contributed by atoms with E-state index in [1.807, 2.05) is 19.1 Å². The van der Waals surface area contributed by atoms with Gasteiger partial charge < -0.3 is 4.98 Å². The summed E-state index contributed by atoms with van der Waals surface area (Å²) in [6.45, 7) is 1.93. The van der Waals surface area contributed by atoms with Crippen molar-refractivity contribution in [2.24, 2.45) is 7.05 Å². The Balaban J connectivity index is 2.39. The summed E-state index contributed by atoms with van der Waals surface area (Å²) in [5, 5.41) is 0. The molecule has 2 heterocycles. The number of aromatic amines is 2. The first-order valence-electron chi connectivity index (χ1n) is 6.28. The summed E-state index contributed by atoms with van der Waals surface area (Å²) in [5.74, 6) is 0. The van der Waals surface area contributed by atoms with Crippen molar-refractivity contribution in [1.29, 1.82) is 0 Å². The maximum absolute atomic E-state index is 12.1. The fourth-order valence-corrected chi connectivity index (χ4v) is 2.09. The molecule has 0 aliphatic carbocycles. The lowest BCUT2D eigenvalue weighted by molar-refractivity contribution is 0.821. The van der Waals surface area contributed by atoms with Crippen molar-refractivity contribution in [1.82, 2.24) is 19.5 Å². The number of rotatable bonds is 1. The Bertz CT molecular complexity index is 1010. The average Bonchev–Trinajstić information content (AvgIpc) is 2.45. The minimum atomic E-state index is -0.627. The lowest BCUT2D eigenvalue weighted by Gasteiger charge is -2.05. The van der Waals surface area contributed by atoms with Gasteiger partial charge in [-0.05, 0) is 6.92 Å². The van der Waals surface area contributed by atoms with Crippen LogP contribution in [0, 0.1) is 6.92 Å². The predicted octanol–water partition coefficient (Wildman–Crippen LogP) is 0.286. The zero-order valence-corrected chi connectivity index (χ0v) is 11.4. The molecule has 0 atom stereocenters. The average molecular weight is 284 g/mol. The molecule has 0 fully saturated rings. The van der Waals surface area contributed by atoms with Crippen LogP contribution in [0.3, 0.4) is 0 Å². The largest absolute Gasteiger partial charge is 0.329 e. The van der Waals surface area contributed by atoms with Crippen molar-refractivity contribution in [3.63, 3.8) is 0 Å². The summed E-state index contributed by atoms with van der Waals surface area (Å²) < 4.78 is 1.14. The molecule has 3 aromatic rings. The van der Waals surface area contributed by atoms with E-state index in [1.165, 1.54) is 7.05 Å². The van der Waals surface area contributed by atoms with E-state index in [-0.39, 0.29) is 16.9 Å². The van der Waals surface area contributed by atoms with Crippen LogP contribution >= 0.6 is 0 Å². The third-order valence-electron chi connectivity index (χ3n) is 3.30. The van der Waals surface area contributed by atoms with Crippen LogP contribution in [0.25, 0.3) is 22.4 Å². The monoisotopic (exact) mass is 284 g/mol. The predicted molar refractivity (Wildman–Crippen MR) is 78.4 cm³/mol. The van der Waals surface area contributed by atoms with Crippen LogP contribution in [0.2, 0.25) is 0 Å². The summed E-state index contributed by atoms with van der Waals surface area (Å²) in [5.41, 5.74) is 0.245. The molecule has 0 saturated heterocycles.